The Morgan fingerprint density at radius 1 is 1.12 bits per heavy atom. The number of amides is 1. The van der Waals surface area contributed by atoms with E-state index in [4.69, 9.17) is 21.7 Å². The van der Waals surface area contributed by atoms with Crippen LogP contribution in [0.3, 0.4) is 0 Å². The summed E-state index contributed by atoms with van der Waals surface area (Å²) < 4.78 is 12.8. The molecule has 0 bridgehead atoms. The number of aromatic nitrogens is 4. The highest BCUT2D eigenvalue weighted by Crippen LogP contribution is 2.30. The number of fused-ring (bicyclic) bond motifs is 2. The lowest BCUT2D eigenvalue weighted by molar-refractivity contribution is 0.0975. The van der Waals surface area contributed by atoms with E-state index < -0.39 is 0 Å². The van der Waals surface area contributed by atoms with Crippen molar-refractivity contribution in [2.24, 2.45) is 0 Å². The predicted octanol–water partition coefficient (Wildman–Crippen LogP) is 2.99. The highest BCUT2D eigenvalue weighted by molar-refractivity contribution is 7.80. The number of nitrogens with one attached hydrogen (secondary N) is 2. The molecule has 9 nitrogen and oxygen atoms in total. The Balaban J connectivity index is 1.17. The molecule has 0 atom stereocenters. The SMILES string of the molecule is CCc1nnc2sc(-c3ccc(CNC(=S)NC(=O)c4ccc5c(c4)OCCO5)cc3)nn12. The van der Waals surface area contributed by atoms with E-state index in [-0.39, 0.29) is 11.0 Å². The zero-order valence-corrected chi connectivity index (χ0v) is 19.3. The number of thiocarbonyl (C=S) groups is 1. The lowest BCUT2D eigenvalue weighted by Crippen LogP contribution is -2.38. The van der Waals surface area contributed by atoms with Crippen LogP contribution in [0.4, 0.5) is 0 Å². The van der Waals surface area contributed by atoms with Crippen LogP contribution in [0, 0.1) is 0 Å². The second kappa shape index (κ2) is 9.12. The summed E-state index contributed by atoms with van der Waals surface area (Å²) in [5.74, 6) is 1.73. The van der Waals surface area contributed by atoms with Gasteiger partial charge in [0.05, 0.1) is 0 Å². The van der Waals surface area contributed by atoms with Crippen LogP contribution in [0.2, 0.25) is 0 Å². The monoisotopic (exact) mass is 480 g/mol. The van der Waals surface area contributed by atoms with E-state index in [9.17, 15) is 4.79 Å². The van der Waals surface area contributed by atoms with E-state index in [0.717, 1.165) is 33.3 Å². The third-order valence-electron chi connectivity index (χ3n) is 5.06. The van der Waals surface area contributed by atoms with Gasteiger partial charge in [-0.05, 0) is 36.0 Å². The van der Waals surface area contributed by atoms with E-state index in [1.165, 1.54) is 11.3 Å². The standard InChI is InChI=1S/C22H20N6O3S2/c1-2-18-25-26-22-28(18)27-20(33-22)14-5-3-13(4-6-14)12-23-21(32)24-19(29)15-7-8-16-17(11-15)31-10-9-30-16/h3-8,11H,2,9-10,12H2,1H3,(H2,23,24,29,32). The lowest BCUT2D eigenvalue weighted by Gasteiger charge is -2.18. The number of nitrogens with zero attached hydrogens (tertiary/aromatic N) is 4. The number of carbonyl (C=O) groups excluding carboxylic acids is 1. The van der Waals surface area contributed by atoms with Gasteiger partial charge in [-0.15, -0.1) is 10.2 Å². The maximum atomic E-state index is 12.5. The summed E-state index contributed by atoms with van der Waals surface area (Å²) in [5.41, 5.74) is 2.47. The highest BCUT2D eigenvalue weighted by Gasteiger charge is 2.16. The van der Waals surface area contributed by atoms with Crippen LogP contribution >= 0.6 is 23.6 Å². The fraction of sp³-hybridized carbons (Fsp3) is 0.227. The van der Waals surface area contributed by atoms with E-state index in [1.807, 2.05) is 31.2 Å². The molecule has 1 aliphatic rings. The fourth-order valence-electron chi connectivity index (χ4n) is 3.35. The number of hydrogen-bond donors (Lipinski definition) is 2. The summed E-state index contributed by atoms with van der Waals surface area (Å²) in [6.45, 7) is 3.47. The van der Waals surface area contributed by atoms with Crippen LogP contribution in [0.5, 0.6) is 11.5 Å². The van der Waals surface area contributed by atoms with E-state index >= 15 is 0 Å². The number of carbonyl (C=O) groups is 1. The van der Waals surface area contributed by atoms with Crippen LogP contribution in [-0.2, 0) is 13.0 Å². The van der Waals surface area contributed by atoms with Crippen LogP contribution < -0.4 is 20.1 Å². The minimum absolute atomic E-state index is 0.250. The summed E-state index contributed by atoms with van der Waals surface area (Å²) in [6.07, 6.45) is 0.778. The van der Waals surface area contributed by atoms with Crippen molar-refractivity contribution >= 4 is 39.5 Å². The van der Waals surface area contributed by atoms with Crippen molar-refractivity contribution in [1.29, 1.82) is 0 Å². The first-order valence-corrected chi connectivity index (χ1v) is 11.6. The fourth-order valence-corrected chi connectivity index (χ4v) is 4.37. The van der Waals surface area contributed by atoms with Gasteiger partial charge in [-0.25, -0.2) is 0 Å². The average molecular weight is 481 g/mol. The van der Waals surface area contributed by atoms with Gasteiger partial charge in [-0.3, -0.25) is 10.1 Å². The first-order valence-electron chi connectivity index (χ1n) is 10.4. The van der Waals surface area contributed by atoms with Gasteiger partial charge in [0.2, 0.25) is 4.96 Å². The zero-order chi connectivity index (χ0) is 22.8. The Labute approximate surface area is 198 Å². The van der Waals surface area contributed by atoms with E-state index in [0.29, 0.717) is 36.8 Å². The Morgan fingerprint density at radius 2 is 1.91 bits per heavy atom. The minimum Gasteiger partial charge on any atom is -0.486 e. The average Bonchev–Trinajstić information content (AvgIpc) is 3.43. The summed E-state index contributed by atoms with van der Waals surface area (Å²) in [4.78, 5) is 13.3. The van der Waals surface area contributed by atoms with Gasteiger partial charge in [-0.2, -0.15) is 9.61 Å². The quantitative estimate of drug-likeness (QED) is 0.421. The second-order valence-electron chi connectivity index (χ2n) is 7.26. The molecule has 168 valence electrons. The summed E-state index contributed by atoms with van der Waals surface area (Å²) >= 11 is 6.78. The number of ether oxygens (including phenoxy) is 2. The normalized spacial score (nSPS) is 12.5. The van der Waals surface area contributed by atoms with Crippen LogP contribution in [0.25, 0.3) is 15.5 Å². The van der Waals surface area contributed by atoms with Crippen molar-refractivity contribution < 1.29 is 14.3 Å². The first-order chi connectivity index (χ1) is 16.1. The van der Waals surface area contributed by atoms with Crippen molar-refractivity contribution in [3.8, 4) is 22.1 Å². The Kier molecular flexibility index (Phi) is 5.88. The molecule has 1 aliphatic heterocycles. The molecule has 0 saturated heterocycles. The molecule has 0 radical (unpaired) electrons. The molecule has 0 aliphatic carbocycles. The molecule has 0 unspecified atom stereocenters. The summed E-state index contributed by atoms with van der Waals surface area (Å²) in [6, 6.07) is 13.1. The van der Waals surface area contributed by atoms with Crippen LogP contribution in [-0.4, -0.2) is 44.0 Å². The van der Waals surface area contributed by atoms with Crippen molar-refractivity contribution in [2.45, 2.75) is 19.9 Å². The third kappa shape index (κ3) is 4.50. The van der Waals surface area contributed by atoms with E-state index in [2.05, 4.69) is 25.9 Å². The molecule has 0 fully saturated rings. The molecule has 1 amide bonds. The van der Waals surface area contributed by atoms with Gasteiger partial charge in [0, 0.05) is 24.1 Å². The molecule has 2 N–H and O–H groups in total. The van der Waals surface area contributed by atoms with Crippen LogP contribution in [0.1, 0.15) is 28.7 Å². The number of benzene rings is 2. The smallest absolute Gasteiger partial charge is 0.257 e. The molecule has 5 rings (SSSR count). The second-order valence-corrected chi connectivity index (χ2v) is 8.63. The Morgan fingerprint density at radius 3 is 2.70 bits per heavy atom. The zero-order valence-electron chi connectivity index (χ0n) is 17.7. The highest BCUT2D eigenvalue weighted by atomic mass is 32.1. The van der Waals surface area contributed by atoms with Crippen molar-refractivity contribution in [3.05, 3.63) is 59.4 Å². The number of rotatable bonds is 5. The van der Waals surface area contributed by atoms with Gasteiger partial charge >= 0.3 is 0 Å². The molecule has 0 saturated carbocycles. The van der Waals surface area contributed by atoms with Gasteiger partial charge in [0.15, 0.2) is 22.4 Å². The third-order valence-corrected chi connectivity index (χ3v) is 6.25. The molecule has 4 aromatic rings. The molecule has 0 spiro atoms. The Hall–Kier alpha value is -3.57. The number of aryl methyl sites for hydroxylation is 1. The van der Waals surface area contributed by atoms with Gasteiger partial charge in [0.1, 0.15) is 18.2 Å². The van der Waals surface area contributed by atoms with Gasteiger partial charge in [-0.1, -0.05) is 42.5 Å². The number of hydrogen-bond acceptors (Lipinski definition) is 8. The summed E-state index contributed by atoms with van der Waals surface area (Å²) in [7, 11) is 0. The molecule has 11 heteroatoms. The molecular formula is C22H20N6O3S2. The molecule has 33 heavy (non-hydrogen) atoms. The largest absolute Gasteiger partial charge is 0.486 e. The Bertz CT molecular complexity index is 1330. The molecule has 3 heterocycles. The molecule has 2 aromatic carbocycles. The topological polar surface area (TPSA) is 103 Å². The first kappa shape index (κ1) is 21.3. The molecule has 2 aromatic heterocycles. The van der Waals surface area contributed by atoms with Gasteiger partial charge < -0.3 is 14.8 Å². The minimum atomic E-state index is -0.311. The van der Waals surface area contributed by atoms with Crippen molar-refractivity contribution in [1.82, 2.24) is 30.4 Å². The maximum absolute atomic E-state index is 12.5. The molecular weight excluding hydrogens is 460 g/mol. The van der Waals surface area contributed by atoms with Crippen molar-refractivity contribution in [3.63, 3.8) is 0 Å². The van der Waals surface area contributed by atoms with E-state index in [1.54, 1.807) is 22.7 Å². The summed E-state index contributed by atoms with van der Waals surface area (Å²) in [5, 5.41) is 19.8. The van der Waals surface area contributed by atoms with Crippen LogP contribution in [0.15, 0.2) is 42.5 Å². The predicted molar refractivity (Wildman–Crippen MR) is 128 cm³/mol. The maximum Gasteiger partial charge on any atom is 0.257 e. The van der Waals surface area contributed by atoms with Gasteiger partial charge in [0.25, 0.3) is 5.91 Å². The lowest BCUT2D eigenvalue weighted by atomic mass is 10.1. The van der Waals surface area contributed by atoms with Crippen molar-refractivity contribution in [2.75, 3.05) is 13.2 Å².